The normalized spacial score (nSPS) is 23.4. The minimum absolute atomic E-state index is 0.527. The second kappa shape index (κ2) is 6.11. The molecule has 1 aromatic carbocycles. The summed E-state index contributed by atoms with van der Waals surface area (Å²) >= 11 is 6.01. The largest absolute Gasteiger partial charge is 0.385 e. The fourth-order valence-electron chi connectivity index (χ4n) is 2.72. The summed E-state index contributed by atoms with van der Waals surface area (Å²) in [5.41, 5.74) is 1.55. The van der Waals surface area contributed by atoms with E-state index in [1.165, 1.54) is 25.7 Å². The number of rotatable bonds is 3. The quantitative estimate of drug-likeness (QED) is 0.874. The van der Waals surface area contributed by atoms with Crippen LogP contribution in [0.4, 0.5) is 5.69 Å². The molecule has 1 aliphatic rings. The zero-order chi connectivity index (χ0) is 13.0. The minimum atomic E-state index is 0.527. The molecule has 0 aromatic heterocycles. The van der Waals surface area contributed by atoms with Crippen molar-refractivity contribution in [2.45, 2.75) is 32.6 Å². The maximum atomic E-state index is 8.82. The van der Waals surface area contributed by atoms with Crippen molar-refractivity contribution in [1.82, 2.24) is 0 Å². The summed E-state index contributed by atoms with van der Waals surface area (Å²) in [6.07, 6.45) is 5.36. The molecule has 18 heavy (non-hydrogen) atoms. The van der Waals surface area contributed by atoms with Gasteiger partial charge in [0.05, 0.1) is 10.6 Å². The van der Waals surface area contributed by atoms with Crippen molar-refractivity contribution in [3.05, 3.63) is 28.8 Å². The van der Waals surface area contributed by atoms with Gasteiger partial charge in [-0.3, -0.25) is 0 Å². The molecule has 3 heteroatoms. The SMILES string of the molecule is CC1CCCC(CNc2ccc(C#N)c(Cl)c2)C1. The zero-order valence-electron chi connectivity index (χ0n) is 10.7. The predicted octanol–water partition coefficient (Wildman–Crippen LogP) is 4.45. The van der Waals surface area contributed by atoms with Crippen molar-refractivity contribution in [1.29, 1.82) is 5.26 Å². The van der Waals surface area contributed by atoms with Gasteiger partial charge >= 0.3 is 0 Å². The molecule has 1 saturated carbocycles. The van der Waals surface area contributed by atoms with Crippen molar-refractivity contribution in [3.63, 3.8) is 0 Å². The van der Waals surface area contributed by atoms with E-state index >= 15 is 0 Å². The van der Waals surface area contributed by atoms with Crippen LogP contribution in [0.3, 0.4) is 0 Å². The Morgan fingerprint density at radius 1 is 1.44 bits per heavy atom. The lowest BCUT2D eigenvalue weighted by molar-refractivity contribution is 0.293. The smallest absolute Gasteiger partial charge is 0.101 e. The van der Waals surface area contributed by atoms with Gasteiger partial charge in [-0.25, -0.2) is 0 Å². The fraction of sp³-hybridized carbons (Fsp3) is 0.533. The van der Waals surface area contributed by atoms with Gasteiger partial charge in [0.2, 0.25) is 0 Å². The van der Waals surface area contributed by atoms with E-state index in [1.54, 1.807) is 6.07 Å². The molecule has 1 aliphatic carbocycles. The van der Waals surface area contributed by atoms with Gasteiger partial charge in [-0.05, 0) is 42.9 Å². The second-order valence-corrected chi connectivity index (χ2v) is 5.73. The predicted molar refractivity (Wildman–Crippen MR) is 75.8 cm³/mol. The molecule has 0 amide bonds. The Morgan fingerprint density at radius 2 is 2.28 bits per heavy atom. The standard InChI is InChI=1S/C15H19ClN2/c1-11-3-2-4-12(7-11)10-18-14-6-5-13(9-17)15(16)8-14/h5-6,8,11-12,18H,2-4,7,10H2,1H3. The van der Waals surface area contributed by atoms with E-state index in [0.29, 0.717) is 10.6 Å². The third-order valence-electron chi connectivity index (χ3n) is 3.73. The highest BCUT2D eigenvalue weighted by Crippen LogP contribution is 2.29. The van der Waals surface area contributed by atoms with Crippen LogP contribution in [0.1, 0.15) is 38.2 Å². The van der Waals surface area contributed by atoms with Crippen LogP contribution in [-0.2, 0) is 0 Å². The first kappa shape index (κ1) is 13.2. The average Bonchev–Trinajstić information content (AvgIpc) is 2.37. The molecule has 2 unspecified atom stereocenters. The lowest BCUT2D eigenvalue weighted by atomic mass is 9.82. The summed E-state index contributed by atoms with van der Waals surface area (Å²) in [5, 5.41) is 12.8. The minimum Gasteiger partial charge on any atom is -0.385 e. The summed E-state index contributed by atoms with van der Waals surface area (Å²) in [6, 6.07) is 7.61. The second-order valence-electron chi connectivity index (χ2n) is 5.33. The van der Waals surface area contributed by atoms with Crippen LogP contribution < -0.4 is 5.32 Å². The third-order valence-corrected chi connectivity index (χ3v) is 4.04. The van der Waals surface area contributed by atoms with Gasteiger partial charge in [0, 0.05) is 12.2 Å². The van der Waals surface area contributed by atoms with Crippen LogP contribution in [-0.4, -0.2) is 6.54 Å². The molecule has 0 heterocycles. The molecule has 0 radical (unpaired) electrons. The molecular weight excluding hydrogens is 244 g/mol. The number of nitrogens with one attached hydrogen (secondary N) is 1. The Labute approximate surface area is 114 Å². The molecule has 2 atom stereocenters. The Morgan fingerprint density at radius 3 is 2.94 bits per heavy atom. The maximum absolute atomic E-state index is 8.82. The summed E-state index contributed by atoms with van der Waals surface area (Å²) in [7, 11) is 0. The number of benzene rings is 1. The molecule has 2 rings (SSSR count). The molecule has 1 aromatic rings. The fourth-order valence-corrected chi connectivity index (χ4v) is 2.95. The number of hydrogen-bond donors (Lipinski definition) is 1. The Kier molecular flexibility index (Phi) is 4.49. The highest BCUT2D eigenvalue weighted by atomic mass is 35.5. The number of halogens is 1. The van der Waals surface area contributed by atoms with Crippen molar-refractivity contribution in [2.24, 2.45) is 11.8 Å². The molecule has 0 aliphatic heterocycles. The summed E-state index contributed by atoms with van der Waals surface area (Å²) < 4.78 is 0. The highest BCUT2D eigenvalue weighted by molar-refractivity contribution is 6.32. The zero-order valence-corrected chi connectivity index (χ0v) is 11.5. The van der Waals surface area contributed by atoms with E-state index in [0.717, 1.165) is 24.1 Å². The first-order valence-electron chi connectivity index (χ1n) is 6.62. The number of anilines is 1. The van der Waals surface area contributed by atoms with Gasteiger partial charge in [0.15, 0.2) is 0 Å². The monoisotopic (exact) mass is 262 g/mol. The topological polar surface area (TPSA) is 35.8 Å². The van der Waals surface area contributed by atoms with E-state index in [1.807, 2.05) is 12.1 Å². The molecule has 1 fully saturated rings. The number of nitriles is 1. The Bertz CT molecular complexity index is 450. The third kappa shape index (κ3) is 3.40. The van der Waals surface area contributed by atoms with Crippen molar-refractivity contribution < 1.29 is 0 Å². The van der Waals surface area contributed by atoms with E-state index in [2.05, 4.69) is 18.3 Å². The van der Waals surface area contributed by atoms with E-state index in [-0.39, 0.29) is 0 Å². The average molecular weight is 263 g/mol. The lowest BCUT2D eigenvalue weighted by Crippen LogP contribution is -2.20. The van der Waals surface area contributed by atoms with Gasteiger partial charge in [-0.2, -0.15) is 5.26 Å². The van der Waals surface area contributed by atoms with Crippen molar-refractivity contribution in [3.8, 4) is 6.07 Å². The van der Waals surface area contributed by atoms with Gasteiger partial charge in [0.1, 0.15) is 6.07 Å². The van der Waals surface area contributed by atoms with Crippen LogP contribution >= 0.6 is 11.6 Å². The van der Waals surface area contributed by atoms with E-state index < -0.39 is 0 Å². The van der Waals surface area contributed by atoms with Crippen LogP contribution in [0, 0.1) is 23.2 Å². The summed E-state index contributed by atoms with van der Waals surface area (Å²) in [6.45, 7) is 3.34. The van der Waals surface area contributed by atoms with Gasteiger partial charge < -0.3 is 5.32 Å². The Hall–Kier alpha value is -1.20. The van der Waals surface area contributed by atoms with Crippen LogP contribution in [0.5, 0.6) is 0 Å². The van der Waals surface area contributed by atoms with Crippen LogP contribution in [0.15, 0.2) is 18.2 Å². The lowest BCUT2D eigenvalue weighted by Gasteiger charge is -2.27. The van der Waals surface area contributed by atoms with Gasteiger partial charge in [0.25, 0.3) is 0 Å². The molecule has 2 nitrogen and oxygen atoms in total. The maximum Gasteiger partial charge on any atom is 0.101 e. The molecule has 96 valence electrons. The summed E-state index contributed by atoms with van der Waals surface area (Å²) in [4.78, 5) is 0. The first-order chi connectivity index (χ1) is 8.69. The van der Waals surface area contributed by atoms with Gasteiger partial charge in [-0.15, -0.1) is 0 Å². The molecule has 0 saturated heterocycles. The summed E-state index contributed by atoms with van der Waals surface area (Å²) in [5.74, 6) is 1.62. The first-order valence-corrected chi connectivity index (χ1v) is 7.00. The molecule has 0 bridgehead atoms. The van der Waals surface area contributed by atoms with E-state index in [4.69, 9.17) is 16.9 Å². The highest BCUT2D eigenvalue weighted by Gasteiger charge is 2.18. The van der Waals surface area contributed by atoms with Crippen LogP contribution in [0.2, 0.25) is 5.02 Å². The molecule has 0 spiro atoms. The molecular formula is C15H19ClN2. The number of nitrogens with zero attached hydrogens (tertiary/aromatic N) is 1. The van der Waals surface area contributed by atoms with Crippen molar-refractivity contribution >= 4 is 17.3 Å². The Balaban J connectivity index is 1.90. The van der Waals surface area contributed by atoms with Crippen molar-refractivity contribution in [2.75, 3.05) is 11.9 Å². The van der Waals surface area contributed by atoms with Gasteiger partial charge in [-0.1, -0.05) is 31.4 Å². The van der Waals surface area contributed by atoms with E-state index in [9.17, 15) is 0 Å². The van der Waals surface area contributed by atoms with Crippen LogP contribution in [0.25, 0.3) is 0 Å². The molecule has 1 N–H and O–H groups in total. The number of hydrogen-bond acceptors (Lipinski definition) is 2.